The van der Waals surface area contributed by atoms with Crippen molar-refractivity contribution in [2.45, 2.75) is 83.0 Å². The highest BCUT2D eigenvalue weighted by atomic mass is 28.3. The van der Waals surface area contributed by atoms with Gasteiger partial charge in [0.05, 0.1) is 19.3 Å². The van der Waals surface area contributed by atoms with Gasteiger partial charge in [-0.05, 0) is 102 Å². The molecule has 1 atom stereocenters. The van der Waals surface area contributed by atoms with Crippen LogP contribution < -0.4 is 0 Å². The van der Waals surface area contributed by atoms with Crippen LogP contribution in [0.3, 0.4) is 0 Å². The van der Waals surface area contributed by atoms with Gasteiger partial charge >= 0.3 is 0 Å². The number of fused-ring (bicyclic) bond motifs is 2. The van der Waals surface area contributed by atoms with Crippen LogP contribution in [-0.4, -0.2) is 13.1 Å². The minimum Gasteiger partial charge on any atom is -0.248 e. The van der Waals surface area contributed by atoms with Crippen molar-refractivity contribution >= 4 is 29.7 Å². The molecule has 0 amide bonds. The summed E-state index contributed by atoms with van der Waals surface area (Å²) in [5.74, 6) is 0.673. The van der Waals surface area contributed by atoms with Crippen LogP contribution in [0.15, 0.2) is 54.6 Å². The maximum Gasteiger partial charge on any atom is 0.0717 e. The van der Waals surface area contributed by atoms with E-state index in [1.54, 1.807) is 11.1 Å². The van der Waals surface area contributed by atoms with E-state index >= 15 is 0 Å². The fourth-order valence-corrected chi connectivity index (χ4v) is 10.7. The highest BCUT2D eigenvalue weighted by molar-refractivity contribution is 6.79. The minimum absolute atomic E-state index is 0.673. The SMILES string of the molecule is Cc1cc(C)c2c(C3CCCC3)cc(-c3cc(C4CCC[Si]4(C)C)c4ccccc4c3)nc2c1. The van der Waals surface area contributed by atoms with Crippen LogP contribution in [0.25, 0.3) is 32.9 Å². The van der Waals surface area contributed by atoms with Crippen molar-refractivity contribution in [2.24, 2.45) is 0 Å². The second-order valence-corrected chi connectivity index (χ2v) is 16.9. The van der Waals surface area contributed by atoms with E-state index in [1.165, 1.54) is 88.6 Å². The standard InChI is InChI=1S/C32H37NSi/c1-21-16-22(2)32-27(23-10-5-6-11-23)20-29(33-30(32)17-21)25-18-24-12-7-8-13-26(24)28(19-25)31-14-9-15-34(31,3)4/h7-8,12-13,16-20,23,31H,5-6,9-11,14-15H2,1-4H3. The number of aryl methyl sites for hydroxylation is 2. The summed E-state index contributed by atoms with van der Waals surface area (Å²) in [7, 11) is -1.26. The Hall–Kier alpha value is -2.45. The molecule has 2 aliphatic rings. The van der Waals surface area contributed by atoms with E-state index in [4.69, 9.17) is 4.98 Å². The van der Waals surface area contributed by atoms with Gasteiger partial charge in [-0.15, -0.1) is 0 Å². The first-order chi connectivity index (χ1) is 16.4. The molecule has 1 saturated carbocycles. The molecule has 1 aliphatic carbocycles. The molecule has 0 N–H and O–H groups in total. The Bertz CT molecular complexity index is 1390. The fraction of sp³-hybridized carbons (Fsp3) is 0.406. The van der Waals surface area contributed by atoms with Crippen LogP contribution in [0.2, 0.25) is 19.1 Å². The van der Waals surface area contributed by atoms with Crippen LogP contribution >= 0.6 is 0 Å². The largest absolute Gasteiger partial charge is 0.248 e. The molecule has 2 fully saturated rings. The molecule has 0 spiro atoms. The summed E-state index contributed by atoms with van der Waals surface area (Å²) < 4.78 is 0. The van der Waals surface area contributed by atoms with Crippen molar-refractivity contribution in [1.29, 1.82) is 0 Å². The molecule has 4 aromatic rings. The molecular formula is C32H37NSi. The third-order valence-corrected chi connectivity index (χ3v) is 13.0. The summed E-state index contributed by atoms with van der Waals surface area (Å²) in [6, 6.07) is 22.5. The second kappa shape index (κ2) is 8.34. The predicted molar refractivity (Wildman–Crippen MR) is 150 cm³/mol. The van der Waals surface area contributed by atoms with Gasteiger partial charge in [0.1, 0.15) is 0 Å². The van der Waals surface area contributed by atoms with Gasteiger partial charge in [-0.1, -0.05) is 68.7 Å². The minimum atomic E-state index is -1.26. The smallest absolute Gasteiger partial charge is 0.0717 e. The number of nitrogens with zero attached hydrogens (tertiary/aromatic N) is 1. The summed E-state index contributed by atoms with van der Waals surface area (Å²) in [6.45, 7) is 9.68. The zero-order valence-electron chi connectivity index (χ0n) is 21.2. The van der Waals surface area contributed by atoms with Crippen LogP contribution in [0.4, 0.5) is 0 Å². The molecule has 0 bridgehead atoms. The highest BCUT2D eigenvalue weighted by Gasteiger charge is 2.38. The van der Waals surface area contributed by atoms with Gasteiger partial charge in [0, 0.05) is 10.9 Å². The van der Waals surface area contributed by atoms with Crippen molar-refractivity contribution in [3.63, 3.8) is 0 Å². The molecule has 2 heterocycles. The lowest BCUT2D eigenvalue weighted by Gasteiger charge is -2.27. The number of aromatic nitrogens is 1. The number of rotatable bonds is 3. The van der Waals surface area contributed by atoms with Gasteiger partial charge in [0.2, 0.25) is 0 Å². The normalized spacial score (nSPS) is 20.5. The van der Waals surface area contributed by atoms with Gasteiger partial charge in [-0.25, -0.2) is 4.98 Å². The van der Waals surface area contributed by atoms with Crippen molar-refractivity contribution < 1.29 is 0 Å². The maximum atomic E-state index is 5.32. The lowest BCUT2D eigenvalue weighted by atomic mass is 9.89. The Morgan fingerprint density at radius 3 is 2.38 bits per heavy atom. The highest BCUT2D eigenvalue weighted by Crippen LogP contribution is 2.46. The number of benzene rings is 3. The lowest BCUT2D eigenvalue weighted by Crippen LogP contribution is -2.29. The third-order valence-electron chi connectivity index (χ3n) is 8.90. The van der Waals surface area contributed by atoms with Gasteiger partial charge in [0.25, 0.3) is 0 Å². The molecule has 1 unspecified atom stereocenters. The fourth-order valence-electron chi connectivity index (χ4n) is 7.18. The Kier molecular flexibility index (Phi) is 5.41. The van der Waals surface area contributed by atoms with Gasteiger partial charge < -0.3 is 0 Å². The summed E-state index contributed by atoms with van der Waals surface area (Å²) in [4.78, 5) is 5.32. The molecule has 1 aliphatic heterocycles. The first-order valence-corrected chi connectivity index (χ1v) is 16.6. The topological polar surface area (TPSA) is 12.9 Å². The molecule has 2 heteroatoms. The number of hydrogen-bond donors (Lipinski definition) is 0. The number of pyridine rings is 1. The summed E-state index contributed by atoms with van der Waals surface area (Å²) in [5, 5.41) is 4.24. The molecule has 3 aromatic carbocycles. The van der Waals surface area contributed by atoms with E-state index in [2.05, 4.69) is 81.5 Å². The number of hydrogen-bond acceptors (Lipinski definition) is 1. The molecule has 6 rings (SSSR count). The average molecular weight is 464 g/mol. The van der Waals surface area contributed by atoms with Crippen molar-refractivity contribution in [3.8, 4) is 11.3 Å². The van der Waals surface area contributed by atoms with Gasteiger partial charge in [-0.3, -0.25) is 0 Å². The average Bonchev–Trinajstić information content (AvgIpc) is 3.46. The van der Waals surface area contributed by atoms with E-state index < -0.39 is 8.07 Å². The zero-order valence-corrected chi connectivity index (χ0v) is 22.2. The molecule has 0 radical (unpaired) electrons. The van der Waals surface area contributed by atoms with Crippen molar-refractivity contribution in [2.75, 3.05) is 0 Å². The maximum absolute atomic E-state index is 5.32. The summed E-state index contributed by atoms with van der Waals surface area (Å²) in [5.41, 5.74) is 10.2. The van der Waals surface area contributed by atoms with E-state index in [-0.39, 0.29) is 0 Å². The van der Waals surface area contributed by atoms with Crippen LogP contribution in [-0.2, 0) is 0 Å². The molecule has 1 aromatic heterocycles. The van der Waals surface area contributed by atoms with E-state index in [0.717, 1.165) is 5.54 Å². The Morgan fingerprint density at radius 1 is 0.824 bits per heavy atom. The lowest BCUT2D eigenvalue weighted by molar-refractivity contribution is 0.728. The molecule has 34 heavy (non-hydrogen) atoms. The molecule has 1 saturated heterocycles. The van der Waals surface area contributed by atoms with Crippen LogP contribution in [0.1, 0.15) is 72.2 Å². The third kappa shape index (κ3) is 3.71. The molecule has 1 nitrogen and oxygen atoms in total. The van der Waals surface area contributed by atoms with Crippen molar-refractivity contribution in [3.05, 3.63) is 76.9 Å². The molecule has 174 valence electrons. The van der Waals surface area contributed by atoms with Crippen LogP contribution in [0.5, 0.6) is 0 Å². The van der Waals surface area contributed by atoms with Gasteiger partial charge in [-0.2, -0.15) is 0 Å². The van der Waals surface area contributed by atoms with E-state index in [9.17, 15) is 0 Å². The monoisotopic (exact) mass is 463 g/mol. The second-order valence-electron chi connectivity index (χ2n) is 11.8. The summed E-state index contributed by atoms with van der Waals surface area (Å²) in [6.07, 6.45) is 8.09. The van der Waals surface area contributed by atoms with Gasteiger partial charge in [0.15, 0.2) is 0 Å². The van der Waals surface area contributed by atoms with Crippen molar-refractivity contribution in [1.82, 2.24) is 4.98 Å². The Balaban J connectivity index is 1.60. The van der Waals surface area contributed by atoms with Crippen LogP contribution in [0, 0.1) is 13.8 Å². The Morgan fingerprint density at radius 2 is 1.62 bits per heavy atom. The van der Waals surface area contributed by atoms with E-state index in [1.807, 2.05) is 0 Å². The predicted octanol–water partition coefficient (Wildman–Crippen LogP) is 9.45. The zero-order chi connectivity index (χ0) is 23.4. The quantitative estimate of drug-likeness (QED) is 0.276. The Labute approximate surface area is 205 Å². The first-order valence-electron chi connectivity index (χ1n) is 13.4. The van der Waals surface area contributed by atoms with E-state index in [0.29, 0.717) is 5.92 Å². The first kappa shape index (κ1) is 22.0. The molecular weight excluding hydrogens is 426 g/mol. The summed E-state index contributed by atoms with van der Waals surface area (Å²) >= 11 is 0.